The molecule has 0 N–H and O–H groups in total. The molecule has 0 bridgehead atoms. The molecular formula is C16H20N4O4S. The number of nitrogens with zero attached hydrogens (tertiary/aromatic N) is 4. The van der Waals surface area contributed by atoms with Gasteiger partial charge >= 0.3 is 0 Å². The van der Waals surface area contributed by atoms with Crippen LogP contribution >= 0.6 is 0 Å². The largest absolute Gasteiger partial charge is 0.420 e. The first-order valence-electron chi connectivity index (χ1n) is 8.25. The number of hydrogen-bond donors (Lipinski definition) is 0. The molecule has 0 radical (unpaired) electrons. The molecule has 1 atom stereocenters. The van der Waals surface area contributed by atoms with Crippen molar-refractivity contribution < 1.29 is 17.6 Å². The van der Waals surface area contributed by atoms with Crippen LogP contribution in [0.25, 0.3) is 11.5 Å². The molecule has 2 fully saturated rings. The van der Waals surface area contributed by atoms with Gasteiger partial charge in [-0.1, -0.05) is 0 Å². The molecule has 0 amide bonds. The van der Waals surface area contributed by atoms with Gasteiger partial charge in [0.15, 0.2) is 0 Å². The van der Waals surface area contributed by atoms with Crippen LogP contribution in [0.2, 0.25) is 0 Å². The maximum Gasteiger partial charge on any atom is 0.247 e. The maximum atomic E-state index is 12.1. The fourth-order valence-corrected chi connectivity index (χ4v) is 4.70. The summed E-state index contributed by atoms with van der Waals surface area (Å²) >= 11 is 0. The quantitative estimate of drug-likeness (QED) is 0.809. The lowest BCUT2D eigenvalue weighted by atomic mass is 9.72. The summed E-state index contributed by atoms with van der Waals surface area (Å²) in [5.74, 6) is 0.812. The van der Waals surface area contributed by atoms with E-state index in [0.29, 0.717) is 38.1 Å². The predicted molar refractivity (Wildman–Crippen MR) is 89.2 cm³/mol. The molecule has 0 aromatic carbocycles. The van der Waals surface area contributed by atoms with E-state index in [4.69, 9.17) is 9.15 Å². The monoisotopic (exact) mass is 364 g/mol. The fourth-order valence-electron chi connectivity index (χ4n) is 3.79. The van der Waals surface area contributed by atoms with Gasteiger partial charge in [0.2, 0.25) is 21.8 Å². The lowest BCUT2D eigenvalue weighted by molar-refractivity contribution is 0.0112. The molecule has 1 unspecified atom stereocenters. The van der Waals surface area contributed by atoms with Crippen LogP contribution in [0.15, 0.2) is 28.9 Å². The van der Waals surface area contributed by atoms with E-state index < -0.39 is 10.0 Å². The molecule has 2 aromatic rings. The van der Waals surface area contributed by atoms with Gasteiger partial charge in [0, 0.05) is 49.7 Å². The number of ether oxygens (including phenoxy) is 1. The Morgan fingerprint density at radius 2 is 1.92 bits per heavy atom. The molecule has 2 aliphatic heterocycles. The average Bonchev–Trinajstić information content (AvgIpc) is 3.21. The van der Waals surface area contributed by atoms with Gasteiger partial charge in [-0.3, -0.25) is 4.98 Å². The number of sulfonamides is 1. The van der Waals surface area contributed by atoms with E-state index in [-0.39, 0.29) is 11.3 Å². The zero-order chi connectivity index (χ0) is 17.5. The van der Waals surface area contributed by atoms with Crippen LogP contribution in [0.1, 0.15) is 24.7 Å². The summed E-state index contributed by atoms with van der Waals surface area (Å²) in [6.45, 7) is 2.10. The lowest BCUT2D eigenvalue weighted by Gasteiger charge is -2.36. The van der Waals surface area contributed by atoms with Gasteiger partial charge in [0.05, 0.1) is 12.2 Å². The summed E-state index contributed by atoms with van der Waals surface area (Å²) in [6, 6.07) is 3.61. The molecule has 134 valence electrons. The molecule has 1 spiro atoms. The fraction of sp³-hybridized carbons (Fsp3) is 0.562. The average molecular weight is 364 g/mol. The predicted octanol–water partition coefficient (Wildman–Crippen LogP) is 1.29. The van der Waals surface area contributed by atoms with Crippen molar-refractivity contribution in [2.24, 2.45) is 5.41 Å². The SMILES string of the molecule is CS(=O)(=O)N1CC(c2nnc(-c3ccncc3)o2)C2(CCOCC2)C1. The Kier molecular flexibility index (Phi) is 4.09. The van der Waals surface area contributed by atoms with Gasteiger partial charge < -0.3 is 9.15 Å². The first-order chi connectivity index (χ1) is 12.0. The van der Waals surface area contributed by atoms with E-state index in [1.807, 2.05) is 0 Å². The first kappa shape index (κ1) is 16.6. The molecule has 2 aromatic heterocycles. The molecule has 4 heterocycles. The van der Waals surface area contributed by atoms with Gasteiger partial charge in [-0.15, -0.1) is 10.2 Å². The van der Waals surface area contributed by atoms with Crippen LogP contribution in [0.3, 0.4) is 0 Å². The maximum absolute atomic E-state index is 12.1. The zero-order valence-electron chi connectivity index (χ0n) is 14.0. The third kappa shape index (κ3) is 3.07. The Labute approximate surface area is 146 Å². The number of hydrogen-bond acceptors (Lipinski definition) is 7. The third-order valence-corrected chi connectivity index (χ3v) is 6.46. The van der Waals surface area contributed by atoms with Crippen molar-refractivity contribution in [3.05, 3.63) is 30.4 Å². The van der Waals surface area contributed by atoms with Crippen molar-refractivity contribution >= 4 is 10.0 Å². The van der Waals surface area contributed by atoms with Crippen molar-refractivity contribution in [1.82, 2.24) is 19.5 Å². The second kappa shape index (κ2) is 6.15. The molecule has 8 nitrogen and oxygen atoms in total. The lowest BCUT2D eigenvalue weighted by Crippen LogP contribution is -2.37. The van der Waals surface area contributed by atoms with Crippen LogP contribution in [0.5, 0.6) is 0 Å². The van der Waals surface area contributed by atoms with E-state index in [1.54, 1.807) is 24.5 Å². The number of rotatable bonds is 3. The van der Waals surface area contributed by atoms with Crippen molar-refractivity contribution in [2.75, 3.05) is 32.6 Å². The molecular weight excluding hydrogens is 344 g/mol. The highest BCUT2D eigenvalue weighted by molar-refractivity contribution is 7.88. The van der Waals surface area contributed by atoms with Crippen LogP contribution in [-0.4, -0.2) is 60.5 Å². The highest BCUT2D eigenvalue weighted by Crippen LogP contribution is 2.49. The minimum atomic E-state index is -3.27. The van der Waals surface area contributed by atoms with E-state index in [9.17, 15) is 8.42 Å². The Bertz CT molecular complexity index is 846. The van der Waals surface area contributed by atoms with Gasteiger partial charge in [-0.05, 0) is 25.0 Å². The van der Waals surface area contributed by atoms with Gasteiger partial charge in [-0.25, -0.2) is 12.7 Å². The van der Waals surface area contributed by atoms with Crippen molar-refractivity contribution in [3.63, 3.8) is 0 Å². The standard InChI is InChI=1S/C16H20N4O4S/c1-25(21,22)20-10-13(16(11-20)4-8-23-9-5-16)15-19-18-14(24-15)12-2-6-17-7-3-12/h2-3,6-7,13H,4-5,8-11H2,1H3. The highest BCUT2D eigenvalue weighted by atomic mass is 32.2. The zero-order valence-corrected chi connectivity index (χ0v) is 14.8. The second-order valence-corrected chi connectivity index (χ2v) is 8.75. The van der Waals surface area contributed by atoms with Crippen molar-refractivity contribution in [2.45, 2.75) is 18.8 Å². The van der Waals surface area contributed by atoms with Crippen LogP contribution < -0.4 is 0 Å². The summed E-state index contributed by atoms with van der Waals surface area (Å²) in [5, 5.41) is 8.39. The van der Waals surface area contributed by atoms with E-state index >= 15 is 0 Å². The highest BCUT2D eigenvalue weighted by Gasteiger charge is 2.52. The third-order valence-electron chi connectivity index (χ3n) is 5.24. The minimum absolute atomic E-state index is 0.116. The van der Waals surface area contributed by atoms with Gasteiger partial charge in [0.1, 0.15) is 0 Å². The number of pyridine rings is 1. The smallest absolute Gasteiger partial charge is 0.247 e. The van der Waals surface area contributed by atoms with Gasteiger partial charge in [-0.2, -0.15) is 0 Å². The van der Waals surface area contributed by atoms with Crippen LogP contribution in [-0.2, 0) is 14.8 Å². The second-order valence-electron chi connectivity index (χ2n) is 6.76. The van der Waals surface area contributed by atoms with Crippen LogP contribution in [0, 0.1) is 5.41 Å². The normalized spacial score (nSPS) is 24.0. The molecule has 25 heavy (non-hydrogen) atoms. The Balaban J connectivity index is 1.68. The summed E-state index contributed by atoms with van der Waals surface area (Å²) < 4.78 is 37.1. The Hall–Kier alpha value is -1.84. The van der Waals surface area contributed by atoms with Crippen molar-refractivity contribution in [1.29, 1.82) is 0 Å². The Morgan fingerprint density at radius 3 is 2.60 bits per heavy atom. The van der Waals surface area contributed by atoms with E-state index in [1.165, 1.54) is 10.6 Å². The van der Waals surface area contributed by atoms with Crippen LogP contribution in [0.4, 0.5) is 0 Å². The summed E-state index contributed by atoms with van der Waals surface area (Å²) in [5.41, 5.74) is 0.594. The Morgan fingerprint density at radius 1 is 1.20 bits per heavy atom. The summed E-state index contributed by atoms with van der Waals surface area (Å²) in [4.78, 5) is 3.98. The van der Waals surface area contributed by atoms with Crippen molar-refractivity contribution in [3.8, 4) is 11.5 Å². The summed E-state index contributed by atoms with van der Waals surface area (Å²) in [7, 11) is -3.27. The molecule has 0 saturated carbocycles. The first-order valence-corrected chi connectivity index (χ1v) is 10.1. The summed E-state index contributed by atoms with van der Waals surface area (Å²) in [6.07, 6.45) is 6.16. The van der Waals surface area contributed by atoms with E-state index in [0.717, 1.165) is 18.4 Å². The molecule has 4 rings (SSSR count). The molecule has 9 heteroatoms. The number of aromatic nitrogens is 3. The molecule has 2 aliphatic rings. The van der Waals surface area contributed by atoms with E-state index in [2.05, 4.69) is 15.2 Å². The van der Waals surface area contributed by atoms with Gasteiger partial charge in [0.25, 0.3) is 0 Å². The topological polar surface area (TPSA) is 98.4 Å². The molecule has 2 saturated heterocycles. The molecule has 0 aliphatic carbocycles. The minimum Gasteiger partial charge on any atom is -0.420 e.